The van der Waals surface area contributed by atoms with Crippen LogP contribution in [0.4, 0.5) is 11.4 Å². The highest BCUT2D eigenvalue weighted by molar-refractivity contribution is 6.33. The molecule has 0 aliphatic heterocycles. The van der Waals surface area contributed by atoms with Crippen molar-refractivity contribution in [3.63, 3.8) is 0 Å². The molecule has 2 aromatic rings. The summed E-state index contributed by atoms with van der Waals surface area (Å²) in [7, 11) is 0. The summed E-state index contributed by atoms with van der Waals surface area (Å²) in [5.74, 6) is 1.13. The van der Waals surface area contributed by atoms with Crippen molar-refractivity contribution in [2.45, 2.75) is 52.5 Å². The number of halogens is 1. The normalized spacial score (nSPS) is 11.4. The first kappa shape index (κ1) is 18.3. The van der Waals surface area contributed by atoms with Crippen molar-refractivity contribution in [3.05, 3.63) is 34.9 Å². The molecule has 6 nitrogen and oxygen atoms in total. The first-order chi connectivity index (χ1) is 11.3. The SMILES string of the molecule is CCCC(=O)Nc1ccc(Cl)c(NCc2noc(C(C)(C)C)n2)c1. The molecule has 24 heavy (non-hydrogen) atoms. The van der Waals surface area contributed by atoms with Crippen LogP contribution in [0.5, 0.6) is 0 Å². The fraction of sp³-hybridized carbons (Fsp3) is 0.471. The summed E-state index contributed by atoms with van der Waals surface area (Å²) >= 11 is 6.20. The van der Waals surface area contributed by atoms with E-state index in [1.807, 2.05) is 27.7 Å². The Balaban J connectivity index is 2.04. The van der Waals surface area contributed by atoms with E-state index in [9.17, 15) is 4.79 Å². The lowest BCUT2D eigenvalue weighted by molar-refractivity contribution is -0.116. The van der Waals surface area contributed by atoms with Crippen LogP contribution >= 0.6 is 11.6 Å². The lowest BCUT2D eigenvalue weighted by Crippen LogP contribution is -2.12. The minimum Gasteiger partial charge on any atom is -0.376 e. The molecule has 2 rings (SSSR count). The third-order valence-electron chi connectivity index (χ3n) is 3.27. The number of nitrogens with one attached hydrogen (secondary N) is 2. The third kappa shape index (κ3) is 4.96. The van der Waals surface area contributed by atoms with Crippen molar-refractivity contribution in [2.75, 3.05) is 10.6 Å². The van der Waals surface area contributed by atoms with Gasteiger partial charge in [0.25, 0.3) is 0 Å². The summed E-state index contributed by atoms with van der Waals surface area (Å²) in [6.07, 6.45) is 1.29. The molecule has 1 aromatic carbocycles. The Hall–Kier alpha value is -2.08. The molecule has 0 fully saturated rings. The van der Waals surface area contributed by atoms with Crippen LogP contribution in [0.3, 0.4) is 0 Å². The molecule has 0 saturated carbocycles. The van der Waals surface area contributed by atoms with Crippen LogP contribution in [0.25, 0.3) is 0 Å². The van der Waals surface area contributed by atoms with E-state index in [1.54, 1.807) is 18.2 Å². The number of rotatable bonds is 6. The maximum Gasteiger partial charge on any atom is 0.232 e. The van der Waals surface area contributed by atoms with Crippen molar-refractivity contribution in [1.29, 1.82) is 0 Å². The van der Waals surface area contributed by atoms with Crippen molar-refractivity contribution >= 4 is 28.9 Å². The van der Waals surface area contributed by atoms with E-state index in [0.717, 1.165) is 6.42 Å². The summed E-state index contributed by atoms with van der Waals surface area (Å²) in [4.78, 5) is 16.1. The van der Waals surface area contributed by atoms with Crippen LogP contribution in [0.2, 0.25) is 5.02 Å². The molecule has 0 atom stereocenters. The molecule has 0 aliphatic carbocycles. The number of aromatic nitrogens is 2. The molecule has 1 heterocycles. The van der Waals surface area contributed by atoms with Gasteiger partial charge in [0.15, 0.2) is 5.82 Å². The van der Waals surface area contributed by atoms with Crippen LogP contribution in [0.1, 0.15) is 52.3 Å². The molecule has 0 radical (unpaired) electrons. The van der Waals surface area contributed by atoms with Crippen molar-refractivity contribution in [2.24, 2.45) is 0 Å². The van der Waals surface area contributed by atoms with Gasteiger partial charge in [-0.05, 0) is 24.6 Å². The Morgan fingerprint density at radius 2 is 2.08 bits per heavy atom. The number of carbonyl (C=O) groups excluding carboxylic acids is 1. The lowest BCUT2D eigenvalue weighted by atomic mass is 9.97. The minimum absolute atomic E-state index is 0.0150. The molecular formula is C17H23ClN4O2. The predicted molar refractivity (Wildman–Crippen MR) is 95.3 cm³/mol. The molecule has 0 bridgehead atoms. The Morgan fingerprint density at radius 3 is 2.71 bits per heavy atom. The molecule has 1 amide bonds. The largest absolute Gasteiger partial charge is 0.376 e. The van der Waals surface area contributed by atoms with Gasteiger partial charge < -0.3 is 15.2 Å². The fourth-order valence-electron chi connectivity index (χ4n) is 1.99. The maximum atomic E-state index is 11.7. The van der Waals surface area contributed by atoms with Gasteiger partial charge in [-0.15, -0.1) is 0 Å². The Bertz CT molecular complexity index is 707. The predicted octanol–water partition coefficient (Wildman–Crippen LogP) is 4.37. The van der Waals surface area contributed by atoms with Gasteiger partial charge in [0.05, 0.1) is 17.3 Å². The number of benzene rings is 1. The van der Waals surface area contributed by atoms with E-state index in [2.05, 4.69) is 20.8 Å². The van der Waals surface area contributed by atoms with Crippen LogP contribution < -0.4 is 10.6 Å². The van der Waals surface area contributed by atoms with Gasteiger partial charge in [-0.2, -0.15) is 4.98 Å². The number of anilines is 2. The van der Waals surface area contributed by atoms with Gasteiger partial charge in [-0.1, -0.05) is 44.5 Å². The Morgan fingerprint density at radius 1 is 1.33 bits per heavy atom. The van der Waals surface area contributed by atoms with Crippen LogP contribution in [0, 0.1) is 0 Å². The monoisotopic (exact) mass is 350 g/mol. The first-order valence-electron chi connectivity index (χ1n) is 7.96. The average molecular weight is 351 g/mol. The maximum absolute atomic E-state index is 11.7. The zero-order chi connectivity index (χ0) is 17.7. The topological polar surface area (TPSA) is 80.0 Å². The smallest absolute Gasteiger partial charge is 0.232 e. The van der Waals surface area contributed by atoms with E-state index in [1.165, 1.54) is 0 Å². The molecule has 2 N–H and O–H groups in total. The van der Waals surface area contributed by atoms with E-state index in [0.29, 0.717) is 41.1 Å². The number of nitrogens with zero attached hydrogens (tertiary/aromatic N) is 2. The van der Waals surface area contributed by atoms with E-state index in [-0.39, 0.29) is 11.3 Å². The van der Waals surface area contributed by atoms with Gasteiger partial charge in [0.1, 0.15) is 0 Å². The number of hydrogen-bond acceptors (Lipinski definition) is 5. The van der Waals surface area contributed by atoms with Crippen LogP contribution in [-0.2, 0) is 16.8 Å². The second kappa shape index (κ2) is 7.66. The molecular weight excluding hydrogens is 328 g/mol. The standard InChI is InChI=1S/C17H23ClN4O2/c1-5-6-15(23)20-11-7-8-12(18)13(9-11)19-10-14-21-16(24-22-14)17(2,3)4/h7-9,19H,5-6,10H2,1-4H3,(H,20,23). The molecule has 0 saturated heterocycles. The molecule has 1 aromatic heterocycles. The fourth-order valence-corrected chi connectivity index (χ4v) is 2.18. The molecule has 0 spiro atoms. The average Bonchev–Trinajstić information content (AvgIpc) is 2.97. The van der Waals surface area contributed by atoms with Crippen molar-refractivity contribution in [1.82, 2.24) is 10.1 Å². The highest BCUT2D eigenvalue weighted by Crippen LogP contribution is 2.26. The van der Waals surface area contributed by atoms with Gasteiger partial charge >= 0.3 is 0 Å². The highest BCUT2D eigenvalue weighted by atomic mass is 35.5. The van der Waals surface area contributed by atoms with Crippen molar-refractivity contribution in [3.8, 4) is 0 Å². The molecule has 0 unspecified atom stereocenters. The zero-order valence-electron chi connectivity index (χ0n) is 14.4. The number of amides is 1. The van der Waals surface area contributed by atoms with E-state index in [4.69, 9.17) is 16.1 Å². The minimum atomic E-state index is -0.188. The first-order valence-corrected chi connectivity index (χ1v) is 8.33. The van der Waals surface area contributed by atoms with E-state index >= 15 is 0 Å². The lowest BCUT2D eigenvalue weighted by Gasteiger charge is -2.11. The van der Waals surface area contributed by atoms with E-state index < -0.39 is 0 Å². The Kier molecular flexibility index (Phi) is 5.83. The summed E-state index contributed by atoms with van der Waals surface area (Å²) in [5, 5.41) is 10.5. The summed E-state index contributed by atoms with van der Waals surface area (Å²) in [6.45, 7) is 8.38. The second-order valence-electron chi connectivity index (χ2n) is 6.61. The number of hydrogen-bond donors (Lipinski definition) is 2. The number of carbonyl (C=O) groups is 1. The van der Waals surface area contributed by atoms with Crippen molar-refractivity contribution < 1.29 is 9.32 Å². The molecule has 0 aliphatic rings. The third-order valence-corrected chi connectivity index (χ3v) is 3.60. The summed E-state index contributed by atoms with van der Waals surface area (Å²) in [5.41, 5.74) is 1.21. The van der Waals surface area contributed by atoms with Crippen LogP contribution in [0.15, 0.2) is 22.7 Å². The second-order valence-corrected chi connectivity index (χ2v) is 7.02. The molecule has 7 heteroatoms. The van der Waals surface area contributed by atoms with Gasteiger partial charge in [0.2, 0.25) is 11.8 Å². The van der Waals surface area contributed by atoms with Crippen LogP contribution in [-0.4, -0.2) is 16.0 Å². The summed E-state index contributed by atoms with van der Waals surface area (Å²) < 4.78 is 5.26. The quantitative estimate of drug-likeness (QED) is 0.808. The highest BCUT2D eigenvalue weighted by Gasteiger charge is 2.21. The molecule has 130 valence electrons. The van der Waals surface area contributed by atoms with Gasteiger partial charge in [-0.3, -0.25) is 4.79 Å². The Labute approximate surface area is 147 Å². The van der Waals surface area contributed by atoms with Gasteiger partial charge in [-0.25, -0.2) is 0 Å². The van der Waals surface area contributed by atoms with Gasteiger partial charge in [0, 0.05) is 17.5 Å². The summed E-state index contributed by atoms with van der Waals surface area (Å²) in [6, 6.07) is 5.30. The zero-order valence-corrected chi connectivity index (χ0v) is 15.2.